The highest BCUT2D eigenvalue weighted by molar-refractivity contribution is 6.17. The van der Waals surface area contributed by atoms with E-state index in [1.165, 1.54) is 44.2 Å². The minimum Gasteiger partial charge on any atom is -0.308 e. The lowest BCUT2D eigenvalue weighted by Gasteiger charge is -2.34. The van der Waals surface area contributed by atoms with Crippen molar-refractivity contribution in [3.8, 4) is 45.3 Å². The Kier molecular flexibility index (Phi) is 6.41. The van der Waals surface area contributed by atoms with Crippen LogP contribution in [0.25, 0.3) is 67.1 Å². The third-order valence-electron chi connectivity index (χ3n) is 10.2. The third-order valence-corrected chi connectivity index (χ3v) is 10.2. The number of aryl methyl sites for hydroxylation is 1. The summed E-state index contributed by atoms with van der Waals surface area (Å²) in [5, 5.41) is 2.47. The molecule has 4 heteroatoms. The van der Waals surface area contributed by atoms with Crippen molar-refractivity contribution in [1.82, 2.24) is 14.5 Å². The molecule has 0 amide bonds. The van der Waals surface area contributed by atoms with Crippen LogP contribution in [0.3, 0.4) is 0 Å². The lowest BCUT2D eigenvalue weighted by atomic mass is 9.75. The second-order valence-electron chi connectivity index (χ2n) is 13.1. The normalized spacial score (nSPS) is 13.1. The molecule has 0 atom stereocenters. The first kappa shape index (κ1) is 28.4. The van der Waals surface area contributed by atoms with Gasteiger partial charge in [-0.05, 0) is 64.6 Å². The van der Waals surface area contributed by atoms with Gasteiger partial charge in [-0.25, -0.2) is 0 Å². The number of aromatic nitrogens is 4. The number of benzene rings is 6. The van der Waals surface area contributed by atoms with Gasteiger partial charge in [0, 0.05) is 16.2 Å². The summed E-state index contributed by atoms with van der Waals surface area (Å²) in [5.74, 6) is 1.55. The van der Waals surface area contributed by atoms with Crippen LogP contribution in [0.4, 0.5) is 0 Å². The predicted octanol–water partition coefficient (Wildman–Crippen LogP) is 10.1. The zero-order valence-electron chi connectivity index (χ0n) is 27.4. The summed E-state index contributed by atoms with van der Waals surface area (Å²) in [6.07, 6.45) is 2.87. The molecule has 1 aliphatic heterocycles. The van der Waals surface area contributed by atoms with Crippen molar-refractivity contribution >= 4 is 21.8 Å². The lowest BCUT2D eigenvalue weighted by Crippen LogP contribution is -2.35. The van der Waals surface area contributed by atoms with Crippen LogP contribution in [0.2, 0.25) is 0 Å². The van der Waals surface area contributed by atoms with Crippen LogP contribution >= 0.6 is 0 Å². The number of hydrogen-bond acceptors (Lipinski definition) is 2. The van der Waals surface area contributed by atoms with E-state index in [0.29, 0.717) is 5.82 Å². The molecule has 0 bridgehead atoms. The van der Waals surface area contributed by atoms with Crippen molar-refractivity contribution in [1.29, 1.82) is 0 Å². The highest BCUT2D eigenvalue weighted by Gasteiger charge is 2.37. The Labute approximate surface area is 280 Å². The SMILES string of the molecule is CCc1ccccc1-c1ccc2c3cccc4c3n(c2c1-c1nc(-c2ccccc2)nc[n+]1-c1ccccc1)-c1ccccc1C4(C)C. The van der Waals surface area contributed by atoms with Crippen molar-refractivity contribution in [2.45, 2.75) is 32.6 Å². The molecule has 4 nitrogen and oxygen atoms in total. The molecule has 6 aromatic carbocycles. The number of fused-ring (bicyclic) bond motifs is 5. The fourth-order valence-electron chi connectivity index (χ4n) is 7.81. The van der Waals surface area contributed by atoms with E-state index in [1.807, 2.05) is 24.5 Å². The van der Waals surface area contributed by atoms with Crippen molar-refractivity contribution in [2.24, 2.45) is 0 Å². The highest BCUT2D eigenvalue weighted by atomic mass is 15.1. The number of rotatable bonds is 5. The van der Waals surface area contributed by atoms with E-state index in [0.717, 1.165) is 40.1 Å². The van der Waals surface area contributed by atoms with Crippen LogP contribution in [-0.2, 0) is 11.8 Å². The summed E-state index contributed by atoms with van der Waals surface area (Å²) >= 11 is 0. The maximum Gasteiger partial charge on any atom is 0.307 e. The summed E-state index contributed by atoms with van der Waals surface area (Å²) in [6, 6.07) is 49.9. The van der Waals surface area contributed by atoms with Crippen LogP contribution in [-0.4, -0.2) is 14.5 Å². The largest absolute Gasteiger partial charge is 0.308 e. The molecule has 2 aromatic heterocycles. The van der Waals surface area contributed by atoms with Crippen LogP contribution < -0.4 is 4.57 Å². The Morgan fingerprint density at radius 1 is 0.625 bits per heavy atom. The van der Waals surface area contributed by atoms with Gasteiger partial charge in [0.2, 0.25) is 6.33 Å². The molecule has 0 saturated carbocycles. The van der Waals surface area contributed by atoms with Gasteiger partial charge in [-0.15, -0.1) is 0 Å². The summed E-state index contributed by atoms with van der Waals surface area (Å²) < 4.78 is 4.68. The molecule has 0 saturated heterocycles. The molecule has 1 aliphatic rings. The van der Waals surface area contributed by atoms with Crippen LogP contribution in [0, 0.1) is 0 Å². The van der Waals surface area contributed by atoms with Gasteiger partial charge in [-0.1, -0.05) is 140 Å². The van der Waals surface area contributed by atoms with E-state index in [4.69, 9.17) is 9.97 Å². The number of para-hydroxylation sites is 3. The molecular weight excluding hydrogens is 585 g/mol. The smallest absolute Gasteiger partial charge is 0.307 e. The minimum absolute atomic E-state index is 0.155. The molecule has 0 spiro atoms. The first-order chi connectivity index (χ1) is 23.6. The zero-order chi connectivity index (χ0) is 32.4. The van der Waals surface area contributed by atoms with Gasteiger partial charge in [0.05, 0.1) is 27.8 Å². The van der Waals surface area contributed by atoms with E-state index in [2.05, 4.69) is 151 Å². The van der Waals surface area contributed by atoms with Crippen molar-refractivity contribution in [2.75, 3.05) is 0 Å². The molecule has 0 radical (unpaired) electrons. The number of nitrogens with zero attached hydrogens (tertiary/aromatic N) is 4. The monoisotopic (exact) mass is 619 g/mol. The molecule has 0 aliphatic carbocycles. The second-order valence-corrected chi connectivity index (χ2v) is 13.1. The van der Waals surface area contributed by atoms with E-state index >= 15 is 0 Å². The Morgan fingerprint density at radius 3 is 2.12 bits per heavy atom. The zero-order valence-corrected chi connectivity index (χ0v) is 27.4. The Morgan fingerprint density at radius 2 is 1.31 bits per heavy atom. The molecule has 9 rings (SSSR count). The summed E-state index contributed by atoms with van der Waals surface area (Å²) in [6.45, 7) is 6.94. The fourth-order valence-corrected chi connectivity index (χ4v) is 7.81. The fraction of sp³-hybridized carbons (Fsp3) is 0.114. The van der Waals surface area contributed by atoms with Gasteiger partial charge < -0.3 is 4.57 Å². The van der Waals surface area contributed by atoms with Gasteiger partial charge in [-0.3, -0.25) is 0 Å². The van der Waals surface area contributed by atoms with Gasteiger partial charge in [0.1, 0.15) is 5.69 Å². The van der Waals surface area contributed by atoms with Crippen molar-refractivity contribution < 1.29 is 4.57 Å². The molecule has 230 valence electrons. The van der Waals surface area contributed by atoms with Crippen LogP contribution in [0.5, 0.6) is 0 Å². The maximum atomic E-state index is 5.49. The quantitative estimate of drug-likeness (QED) is 0.180. The van der Waals surface area contributed by atoms with E-state index in [9.17, 15) is 0 Å². The topological polar surface area (TPSA) is 34.6 Å². The average molecular weight is 620 g/mol. The first-order valence-corrected chi connectivity index (χ1v) is 16.7. The molecule has 8 aromatic rings. The summed E-state index contributed by atoms with van der Waals surface area (Å²) in [4.78, 5) is 10.4. The van der Waals surface area contributed by atoms with Crippen molar-refractivity contribution in [3.05, 3.63) is 163 Å². The predicted molar refractivity (Wildman–Crippen MR) is 196 cm³/mol. The third kappa shape index (κ3) is 4.12. The molecule has 3 heterocycles. The van der Waals surface area contributed by atoms with Gasteiger partial charge in [0.25, 0.3) is 5.82 Å². The highest BCUT2D eigenvalue weighted by Crippen LogP contribution is 2.50. The summed E-state index contributed by atoms with van der Waals surface area (Å²) in [7, 11) is 0. The van der Waals surface area contributed by atoms with Gasteiger partial charge in [-0.2, -0.15) is 4.57 Å². The molecule has 48 heavy (non-hydrogen) atoms. The summed E-state index contributed by atoms with van der Waals surface area (Å²) in [5.41, 5.74) is 12.9. The molecule has 0 fully saturated rings. The molecule has 0 N–H and O–H groups in total. The minimum atomic E-state index is -0.155. The maximum absolute atomic E-state index is 5.49. The Hall–Kier alpha value is -5.87. The van der Waals surface area contributed by atoms with Crippen LogP contribution in [0.1, 0.15) is 37.5 Å². The first-order valence-electron chi connectivity index (χ1n) is 16.7. The Bertz CT molecular complexity index is 2510. The van der Waals surface area contributed by atoms with E-state index < -0.39 is 0 Å². The van der Waals surface area contributed by atoms with E-state index in [-0.39, 0.29) is 5.41 Å². The van der Waals surface area contributed by atoms with Gasteiger partial charge >= 0.3 is 5.82 Å². The Balaban J connectivity index is 1.52. The van der Waals surface area contributed by atoms with Crippen LogP contribution in [0.15, 0.2) is 146 Å². The molecule has 0 unspecified atom stereocenters. The standard InChI is InChI=1S/C44H35N4/c1-4-29-16-11-12-21-32(29)33-26-27-35-34-22-15-24-37-40(34)48(38-25-14-13-23-36(38)44(37,2)3)41(35)39(33)43-46-42(30-17-7-5-8-18-30)45-28-47(43)31-19-9-6-10-20-31/h5-28H,4H2,1-3H3/q+1. The van der Waals surface area contributed by atoms with Gasteiger partial charge in [0.15, 0.2) is 0 Å². The van der Waals surface area contributed by atoms with E-state index in [1.54, 1.807) is 0 Å². The lowest BCUT2D eigenvalue weighted by molar-refractivity contribution is -0.590. The van der Waals surface area contributed by atoms with Crippen molar-refractivity contribution in [3.63, 3.8) is 0 Å². The average Bonchev–Trinajstić information content (AvgIpc) is 3.49. The molecular formula is C44H35N4+. The number of hydrogen-bond donors (Lipinski definition) is 0. The second kappa shape index (κ2) is 10.9.